The van der Waals surface area contributed by atoms with Gasteiger partial charge in [-0.2, -0.15) is 5.26 Å². The molecular weight excluding hydrogens is 242 g/mol. The first-order chi connectivity index (χ1) is 9.20. The van der Waals surface area contributed by atoms with E-state index in [0.717, 1.165) is 10.9 Å². The van der Waals surface area contributed by atoms with E-state index in [1.54, 1.807) is 6.07 Å². The second-order valence-electron chi connectivity index (χ2n) is 4.11. The summed E-state index contributed by atoms with van der Waals surface area (Å²) in [6.07, 6.45) is 0.594. The maximum absolute atomic E-state index is 10.4. The number of anilines is 1. The number of pyridine rings is 1. The lowest BCUT2D eigenvalue weighted by molar-refractivity contribution is -0.137. The molecular formula is C14H13N3O2. The second kappa shape index (κ2) is 5.83. The quantitative estimate of drug-likeness (QED) is 0.801. The number of fused-ring (bicyclic) bond motifs is 1. The number of para-hydroxylation sites is 1. The maximum Gasteiger partial charge on any atom is 0.303 e. The van der Waals surface area contributed by atoms with Gasteiger partial charge in [0.1, 0.15) is 11.9 Å². The fourth-order valence-corrected chi connectivity index (χ4v) is 1.78. The first-order valence-corrected chi connectivity index (χ1v) is 5.96. The van der Waals surface area contributed by atoms with Crippen LogP contribution in [0.5, 0.6) is 0 Å². The van der Waals surface area contributed by atoms with Crippen molar-refractivity contribution < 1.29 is 9.90 Å². The highest BCUT2D eigenvalue weighted by atomic mass is 16.4. The molecule has 1 heterocycles. The Morgan fingerprint density at radius 2 is 2.21 bits per heavy atom. The highest BCUT2D eigenvalue weighted by molar-refractivity contribution is 5.82. The van der Waals surface area contributed by atoms with Crippen molar-refractivity contribution in [3.05, 3.63) is 35.9 Å². The number of carboxylic acid groups (broad SMARTS) is 1. The van der Waals surface area contributed by atoms with Crippen LogP contribution in [0.1, 0.15) is 18.4 Å². The molecule has 19 heavy (non-hydrogen) atoms. The molecule has 0 spiro atoms. The lowest BCUT2D eigenvalue weighted by Crippen LogP contribution is -2.07. The number of rotatable bonds is 5. The van der Waals surface area contributed by atoms with Crippen LogP contribution in [0, 0.1) is 11.3 Å². The summed E-state index contributed by atoms with van der Waals surface area (Å²) in [4.78, 5) is 14.8. The van der Waals surface area contributed by atoms with E-state index in [2.05, 4.69) is 16.4 Å². The van der Waals surface area contributed by atoms with Crippen LogP contribution in [-0.2, 0) is 4.79 Å². The summed E-state index contributed by atoms with van der Waals surface area (Å²) < 4.78 is 0. The van der Waals surface area contributed by atoms with Gasteiger partial charge in [-0.1, -0.05) is 18.2 Å². The van der Waals surface area contributed by atoms with Gasteiger partial charge in [-0.25, -0.2) is 4.98 Å². The van der Waals surface area contributed by atoms with Crippen molar-refractivity contribution in [2.45, 2.75) is 12.8 Å². The lowest BCUT2D eigenvalue weighted by Gasteiger charge is -2.08. The average Bonchev–Trinajstić information content (AvgIpc) is 2.42. The van der Waals surface area contributed by atoms with Crippen molar-refractivity contribution in [2.75, 3.05) is 11.9 Å². The van der Waals surface area contributed by atoms with Crippen molar-refractivity contribution in [3.63, 3.8) is 0 Å². The Morgan fingerprint density at radius 3 is 2.95 bits per heavy atom. The van der Waals surface area contributed by atoms with Crippen LogP contribution in [0.3, 0.4) is 0 Å². The SMILES string of the molecule is N#Cc1cc2ccccc2nc1NCCCC(=O)O. The fraction of sp³-hybridized carbons (Fsp3) is 0.214. The van der Waals surface area contributed by atoms with Gasteiger partial charge >= 0.3 is 5.97 Å². The number of nitriles is 1. The van der Waals surface area contributed by atoms with Gasteiger partial charge in [-0.15, -0.1) is 0 Å². The molecule has 0 radical (unpaired) electrons. The van der Waals surface area contributed by atoms with Gasteiger partial charge in [0.2, 0.25) is 0 Å². The van der Waals surface area contributed by atoms with Gasteiger partial charge in [-0.3, -0.25) is 4.79 Å². The monoisotopic (exact) mass is 255 g/mol. The number of hydrogen-bond acceptors (Lipinski definition) is 4. The van der Waals surface area contributed by atoms with Crippen LogP contribution in [-0.4, -0.2) is 22.6 Å². The molecule has 0 aliphatic heterocycles. The number of nitrogens with zero attached hydrogens (tertiary/aromatic N) is 2. The molecule has 5 nitrogen and oxygen atoms in total. The van der Waals surface area contributed by atoms with E-state index in [-0.39, 0.29) is 6.42 Å². The number of benzene rings is 1. The smallest absolute Gasteiger partial charge is 0.303 e. The molecule has 0 unspecified atom stereocenters. The lowest BCUT2D eigenvalue weighted by atomic mass is 10.1. The minimum atomic E-state index is -0.825. The van der Waals surface area contributed by atoms with Crippen molar-refractivity contribution >= 4 is 22.7 Å². The molecule has 2 N–H and O–H groups in total. The molecule has 96 valence electrons. The molecule has 5 heteroatoms. The summed E-state index contributed by atoms with van der Waals surface area (Å²) in [6.45, 7) is 0.478. The molecule has 0 bridgehead atoms. The standard InChI is InChI=1S/C14H13N3O2/c15-9-11-8-10-4-1-2-5-12(10)17-14(11)16-7-3-6-13(18)19/h1-2,4-5,8H,3,6-7H2,(H,16,17)(H,18,19). The summed E-state index contributed by atoms with van der Waals surface area (Å²) in [6, 6.07) is 11.4. The third kappa shape index (κ3) is 3.19. The molecule has 1 aromatic carbocycles. The summed E-state index contributed by atoms with van der Waals surface area (Å²) in [5.74, 6) is -0.319. The van der Waals surface area contributed by atoms with E-state index in [1.807, 2.05) is 24.3 Å². The van der Waals surface area contributed by atoms with Gasteiger partial charge < -0.3 is 10.4 Å². The van der Waals surface area contributed by atoms with Crippen LogP contribution < -0.4 is 5.32 Å². The van der Waals surface area contributed by atoms with Crippen LogP contribution >= 0.6 is 0 Å². The molecule has 0 atom stereocenters. The average molecular weight is 255 g/mol. The zero-order valence-corrected chi connectivity index (χ0v) is 10.3. The molecule has 0 saturated heterocycles. The van der Waals surface area contributed by atoms with Gasteiger partial charge in [-0.05, 0) is 18.6 Å². The predicted molar refractivity (Wildman–Crippen MR) is 71.8 cm³/mol. The zero-order valence-electron chi connectivity index (χ0n) is 10.3. The molecule has 0 amide bonds. The number of hydrogen-bond donors (Lipinski definition) is 2. The van der Waals surface area contributed by atoms with Gasteiger partial charge in [0.05, 0.1) is 11.1 Å². The van der Waals surface area contributed by atoms with Crippen molar-refractivity contribution in [1.82, 2.24) is 4.98 Å². The van der Waals surface area contributed by atoms with Crippen LogP contribution in [0.2, 0.25) is 0 Å². The molecule has 2 aromatic rings. The third-order valence-electron chi connectivity index (χ3n) is 2.70. The number of carbonyl (C=O) groups is 1. The summed E-state index contributed by atoms with van der Waals surface area (Å²) in [7, 11) is 0. The van der Waals surface area contributed by atoms with Crippen molar-refractivity contribution in [1.29, 1.82) is 5.26 Å². The topological polar surface area (TPSA) is 86.0 Å². The highest BCUT2D eigenvalue weighted by Crippen LogP contribution is 2.19. The van der Waals surface area contributed by atoms with Crippen LogP contribution in [0.25, 0.3) is 10.9 Å². The van der Waals surface area contributed by atoms with E-state index in [9.17, 15) is 4.79 Å². The highest BCUT2D eigenvalue weighted by Gasteiger charge is 2.06. The predicted octanol–water partition coefficient (Wildman–Crippen LogP) is 2.38. The molecule has 0 fully saturated rings. The summed E-state index contributed by atoms with van der Waals surface area (Å²) in [5, 5.41) is 21.6. The Hall–Kier alpha value is -2.61. The van der Waals surface area contributed by atoms with Crippen LogP contribution in [0.15, 0.2) is 30.3 Å². The Balaban J connectivity index is 2.17. The fourth-order valence-electron chi connectivity index (χ4n) is 1.78. The van der Waals surface area contributed by atoms with E-state index >= 15 is 0 Å². The number of nitrogens with one attached hydrogen (secondary N) is 1. The number of aliphatic carboxylic acids is 1. The zero-order chi connectivity index (χ0) is 13.7. The Morgan fingerprint density at radius 1 is 1.42 bits per heavy atom. The Kier molecular flexibility index (Phi) is 3.94. The normalized spacial score (nSPS) is 10.1. The van der Waals surface area contributed by atoms with Crippen molar-refractivity contribution in [2.24, 2.45) is 0 Å². The Bertz CT molecular complexity index is 647. The van der Waals surface area contributed by atoms with E-state index in [0.29, 0.717) is 24.3 Å². The van der Waals surface area contributed by atoms with Gasteiger partial charge in [0.25, 0.3) is 0 Å². The molecule has 0 saturated carbocycles. The van der Waals surface area contributed by atoms with Gasteiger partial charge in [0, 0.05) is 18.4 Å². The maximum atomic E-state index is 10.4. The largest absolute Gasteiger partial charge is 0.481 e. The van der Waals surface area contributed by atoms with E-state index < -0.39 is 5.97 Å². The summed E-state index contributed by atoms with van der Waals surface area (Å²) in [5.41, 5.74) is 1.27. The molecule has 2 rings (SSSR count). The van der Waals surface area contributed by atoms with E-state index in [1.165, 1.54) is 0 Å². The van der Waals surface area contributed by atoms with Gasteiger partial charge in [0.15, 0.2) is 0 Å². The first kappa shape index (κ1) is 12.8. The third-order valence-corrected chi connectivity index (χ3v) is 2.70. The minimum absolute atomic E-state index is 0.0997. The number of aromatic nitrogens is 1. The van der Waals surface area contributed by atoms with Crippen LogP contribution in [0.4, 0.5) is 5.82 Å². The molecule has 0 aliphatic carbocycles. The number of carboxylic acids is 1. The second-order valence-corrected chi connectivity index (χ2v) is 4.11. The Labute approximate surface area is 110 Å². The minimum Gasteiger partial charge on any atom is -0.481 e. The molecule has 1 aromatic heterocycles. The first-order valence-electron chi connectivity index (χ1n) is 5.96. The summed E-state index contributed by atoms with van der Waals surface area (Å²) >= 11 is 0. The van der Waals surface area contributed by atoms with Crippen molar-refractivity contribution in [3.8, 4) is 6.07 Å². The van der Waals surface area contributed by atoms with E-state index in [4.69, 9.17) is 10.4 Å². The molecule has 0 aliphatic rings.